The van der Waals surface area contributed by atoms with Gasteiger partial charge in [0, 0.05) is 18.8 Å². The molecule has 0 spiro atoms. The van der Waals surface area contributed by atoms with Crippen LogP contribution in [0.1, 0.15) is 25.3 Å². The molecule has 0 fully saturated rings. The topological polar surface area (TPSA) is 72.5 Å². The Morgan fingerprint density at radius 1 is 1.30 bits per heavy atom. The normalized spacial score (nSPS) is 11.3. The second kappa shape index (κ2) is 8.73. The summed E-state index contributed by atoms with van der Waals surface area (Å²) in [6.07, 6.45) is 3.81. The molecule has 2 aromatic rings. The number of guanidine groups is 1. The van der Waals surface area contributed by atoms with Gasteiger partial charge in [-0.3, -0.25) is 0 Å². The van der Waals surface area contributed by atoms with Crippen LogP contribution >= 0.6 is 0 Å². The Morgan fingerprint density at radius 2 is 2.09 bits per heavy atom. The van der Waals surface area contributed by atoms with Crippen LogP contribution in [0.4, 0.5) is 4.39 Å². The number of pyridine rings is 1. The fraction of sp³-hybridized carbons (Fsp3) is 0.294. The van der Waals surface area contributed by atoms with Crippen LogP contribution in [0.15, 0.2) is 47.6 Å². The number of rotatable bonds is 7. The molecule has 0 unspecified atom stereocenters. The lowest BCUT2D eigenvalue weighted by Crippen LogP contribution is -2.32. The zero-order chi connectivity index (χ0) is 16.5. The number of nitrogens with one attached hydrogen (secondary N) is 1. The molecule has 3 N–H and O–H groups in total. The summed E-state index contributed by atoms with van der Waals surface area (Å²) in [6, 6.07) is 9.42. The second-order valence-corrected chi connectivity index (χ2v) is 5.04. The fourth-order valence-electron chi connectivity index (χ4n) is 1.85. The van der Waals surface area contributed by atoms with E-state index in [2.05, 4.69) is 22.2 Å². The Morgan fingerprint density at radius 3 is 2.83 bits per heavy atom. The van der Waals surface area contributed by atoms with Gasteiger partial charge in [-0.25, -0.2) is 14.4 Å². The zero-order valence-electron chi connectivity index (χ0n) is 13.1. The van der Waals surface area contributed by atoms with E-state index in [0.29, 0.717) is 24.1 Å². The number of ether oxygens (including phenoxy) is 1. The predicted octanol–water partition coefficient (Wildman–Crippen LogP) is 3.22. The van der Waals surface area contributed by atoms with Crippen LogP contribution in [-0.4, -0.2) is 17.5 Å². The maximum atomic E-state index is 12.9. The van der Waals surface area contributed by atoms with Crippen LogP contribution in [-0.2, 0) is 6.54 Å². The molecule has 0 aliphatic carbocycles. The molecule has 0 atom stereocenters. The van der Waals surface area contributed by atoms with Gasteiger partial charge in [0.15, 0.2) is 5.96 Å². The lowest BCUT2D eigenvalue weighted by Gasteiger charge is -2.07. The molecule has 0 bridgehead atoms. The number of hydrogen-bond donors (Lipinski definition) is 2. The fourth-order valence-corrected chi connectivity index (χ4v) is 1.85. The highest BCUT2D eigenvalue weighted by atomic mass is 19.1. The first-order valence-electron chi connectivity index (χ1n) is 7.59. The first-order chi connectivity index (χ1) is 11.2. The molecule has 5 nitrogen and oxygen atoms in total. The number of halogens is 1. The molecule has 6 heteroatoms. The minimum atomic E-state index is -0.306. The van der Waals surface area contributed by atoms with Crippen LogP contribution in [0.5, 0.6) is 11.6 Å². The number of benzene rings is 1. The standard InChI is InChI=1S/C17H21FN4O/c1-2-3-9-21-17(19)22-12-13-8-10-20-16(11-13)23-15-6-4-14(18)5-7-15/h4-8,10-11H,2-3,9,12H2,1H3,(H3,19,21,22). The minimum Gasteiger partial charge on any atom is -0.439 e. The van der Waals surface area contributed by atoms with E-state index in [4.69, 9.17) is 10.5 Å². The molecule has 2 rings (SSSR count). The molecule has 0 saturated carbocycles. The molecule has 122 valence electrons. The summed E-state index contributed by atoms with van der Waals surface area (Å²) < 4.78 is 18.5. The third-order valence-corrected chi connectivity index (χ3v) is 3.10. The average Bonchev–Trinajstić information content (AvgIpc) is 2.56. The molecule has 0 radical (unpaired) electrons. The van der Waals surface area contributed by atoms with Crippen LogP contribution in [0.3, 0.4) is 0 Å². The van der Waals surface area contributed by atoms with Gasteiger partial charge in [0.25, 0.3) is 0 Å². The van der Waals surface area contributed by atoms with Crippen molar-refractivity contribution in [2.45, 2.75) is 26.3 Å². The van der Waals surface area contributed by atoms with E-state index in [0.717, 1.165) is 24.9 Å². The van der Waals surface area contributed by atoms with Gasteiger partial charge in [-0.05, 0) is 42.3 Å². The third kappa shape index (κ3) is 5.94. The van der Waals surface area contributed by atoms with Crippen LogP contribution in [0, 0.1) is 5.82 Å². The van der Waals surface area contributed by atoms with Gasteiger partial charge in [-0.15, -0.1) is 0 Å². The monoisotopic (exact) mass is 316 g/mol. The third-order valence-electron chi connectivity index (χ3n) is 3.10. The molecule has 23 heavy (non-hydrogen) atoms. The van der Waals surface area contributed by atoms with Crippen LogP contribution in [0.25, 0.3) is 0 Å². The summed E-state index contributed by atoms with van der Waals surface area (Å²) >= 11 is 0. The number of hydrogen-bond acceptors (Lipinski definition) is 3. The molecule has 1 heterocycles. The summed E-state index contributed by atoms with van der Waals surface area (Å²) in [6.45, 7) is 3.38. The largest absolute Gasteiger partial charge is 0.439 e. The van der Waals surface area contributed by atoms with Crippen molar-refractivity contribution in [1.82, 2.24) is 10.3 Å². The summed E-state index contributed by atoms with van der Waals surface area (Å²) in [5.41, 5.74) is 6.72. The Kier molecular flexibility index (Phi) is 6.35. The van der Waals surface area contributed by atoms with E-state index in [1.165, 1.54) is 12.1 Å². The average molecular weight is 316 g/mol. The molecular formula is C17H21FN4O. The van der Waals surface area contributed by atoms with Crippen molar-refractivity contribution < 1.29 is 9.13 Å². The first kappa shape index (κ1) is 16.7. The molecule has 0 amide bonds. The van der Waals surface area contributed by atoms with E-state index >= 15 is 0 Å². The van der Waals surface area contributed by atoms with Crippen molar-refractivity contribution in [3.8, 4) is 11.6 Å². The van der Waals surface area contributed by atoms with E-state index in [1.807, 2.05) is 6.07 Å². The summed E-state index contributed by atoms with van der Waals surface area (Å²) in [5.74, 6) is 1.08. The Hall–Kier alpha value is -2.63. The molecule has 0 aliphatic rings. The lowest BCUT2D eigenvalue weighted by molar-refractivity contribution is 0.460. The zero-order valence-corrected chi connectivity index (χ0v) is 13.1. The number of unbranched alkanes of at least 4 members (excludes halogenated alkanes) is 1. The minimum absolute atomic E-state index is 0.306. The van der Waals surface area contributed by atoms with Crippen molar-refractivity contribution in [3.05, 3.63) is 54.0 Å². The SMILES string of the molecule is CCCCNC(N)=NCc1ccnc(Oc2ccc(F)cc2)c1. The predicted molar refractivity (Wildman–Crippen MR) is 88.9 cm³/mol. The van der Waals surface area contributed by atoms with Gasteiger partial charge in [-0.2, -0.15) is 0 Å². The highest BCUT2D eigenvalue weighted by molar-refractivity contribution is 5.77. The van der Waals surface area contributed by atoms with Gasteiger partial charge in [0.1, 0.15) is 11.6 Å². The molecule has 1 aromatic heterocycles. The highest BCUT2D eigenvalue weighted by Crippen LogP contribution is 2.20. The lowest BCUT2D eigenvalue weighted by atomic mass is 10.2. The van der Waals surface area contributed by atoms with Crippen molar-refractivity contribution in [1.29, 1.82) is 0 Å². The number of aliphatic imine (C=N–C) groups is 1. The molecular weight excluding hydrogens is 295 g/mol. The van der Waals surface area contributed by atoms with Crippen molar-refractivity contribution in [2.24, 2.45) is 10.7 Å². The van der Waals surface area contributed by atoms with Crippen LogP contribution in [0.2, 0.25) is 0 Å². The van der Waals surface area contributed by atoms with Gasteiger partial charge >= 0.3 is 0 Å². The van der Waals surface area contributed by atoms with E-state index in [-0.39, 0.29) is 5.82 Å². The van der Waals surface area contributed by atoms with Gasteiger partial charge in [0.05, 0.1) is 6.54 Å². The number of nitrogens with zero attached hydrogens (tertiary/aromatic N) is 2. The Balaban J connectivity index is 1.94. The van der Waals surface area contributed by atoms with Gasteiger partial charge in [0.2, 0.25) is 5.88 Å². The number of aromatic nitrogens is 1. The molecule has 1 aromatic carbocycles. The van der Waals surface area contributed by atoms with Crippen molar-refractivity contribution >= 4 is 5.96 Å². The molecule has 0 aliphatic heterocycles. The summed E-state index contributed by atoms with van der Waals surface area (Å²) in [7, 11) is 0. The quantitative estimate of drug-likeness (QED) is 0.467. The maximum absolute atomic E-state index is 12.9. The van der Waals surface area contributed by atoms with Gasteiger partial charge in [-0.1, -0.05) is 13.3 Å². The van der Waals surface area contributed by atoms with Gasteiger partial charge < -0.3 is 15.8 Å². The van der Waals surface area contributed by atoms with Crippen LogP contribution < -0.4 is 15.8 Å². The highest BCUT2D eigenvalue weighted by Gasteiger charge is 2.01. The molecule has 0 saturated heterocycles. The summed E-state index contributed by atoms with van der Waals surface area (Å²) in [4.78, 5) is 8.41. The Bertz CT molecular complexity index is 643. The summed E-state index contributed by atoms with van der Waals surface area (Å²) in [5, 5.41) is 3.06. The Labute approximate surface area is 135 Å². The van der Waals surface area contributed by atoms with Crippen molar-refractivity contribution in [2.75, 3.05) is 6.54 Å². The second-order valence-electron chi connectivity index (χ2n) is 5.04. The first-order valence-corrected chi connectivity index (χ1v) is 7.59. The van der Waals surface area contributed by atoms with E-state index in [9.17, 15) is 4.39 Å². The van der Waals surface area contributed by atoms with Crippen molar-refractivity contribution in [3.63, 3.8) is 0 Å². The maximum Gasteiger partial charge on any atom is 0.219 e. The van der Waals surface area contributed by atoms with E-state index in [1.54, 1.807) is 24.4 Å². The smallest absolute Gasteiger partial charge is 0.219 e. The number of nitrogens with two attached hydrogens (primary N) is 1. The van der Waals surface area contributed by atoms with E-state index < -0.39 is 0 Å².